The number of carbonyl (C=O) groups excluding carboxylic acids is 1. The fourth-order valence-electron chi connectivity index (χ4n) is 2.84. The van der Waals surface area contributed by atoms with E-state index in [4.69, 9.17) is 5.11 Å². The lowest BCUT2D eigenvalue weighted by Crippen LogP contribution is -2.11. The Kier molecular flexibility index (Phi) is 4.58. The average molecular weight is 381 g/mol. The van der Waals surface area contributed by atoms with E-state index in [0.29, 0.717) is 5.69 Å². The number of nitrogens with zero attached hydrogens (tertiary/aromatic N) is 5. The number of halogens is 2. The second kappa shape index (κ2) is 7.20. The Labute approximate surface area is 157 Å². The number of pyridine rings is 1. The van der Waals surface area contributed by atoms with Crippen molar-refractivity contribution in [1.29, 1.82) is 0 Å². The Balaban J connectivity index is 1.71. The summed E-state index contributed by atoms with van der Waals surface area (Å²) in [6.07, 6.45) is 0. The number of ketones is 1. The number of hydrogen-bond acceptors (Lipinski definition) is 6. The summed E-state index contributed by atoms with van der Waals surface area (Å²) in [5.74, 6) is -2.37. The molecule has 0 saturated heterocycles. The number of rotatable bonds is 5. The van der Waals surface area contributed by atoms with E-state index in [0.717, 1.165) is 23.0 Å². The SMILES string of the molecule is O=C(CO)c1cc(F)c(Cn2nnnc2-c2ccc3ccccc3n2)c(F)c1. The molecule has 0 spiro atoms. The molecule has 2 aromatic heterocycles. The zero-order valence-electron chi connectivity index (χ0n) is 14.4. The van der Waals surface area contributed by atoms with Crippen LogP contribution in [0.4, 0.5) is 8.78 Å². The van der Waals surface area contributed by atoms with Gasteiger partial charge in [-0.15, -0.1) is 5.10 Å². The van der Waals surface area contributed by atoms with Crippen LogP contribution in [0.5, 0.6) is 0 Å². The topological polar surface area (TPSA) is 93.8 Å². The van der Waals surface area contributed by atoms with Gasteiger partial charge in [0.25, 0.3) is 0 Å². The Morgan fingerprint density at radius 3 is 2.57 bits per heavy atom. The molecule has 0 saturated carbocycles. The van der Waals surface area contributed by atoms with Crippen molar-refractivity contribution in [3.8, 4) is 11.5 Å². The minimum Gasteiger partial charge on any atom is -0.388 e. The lowest BCUT2D eigenvalue weighted by Gasteiger charge is -2.09. The third-order valence-electron chi connectivity index (χ3n) is 4.27. The highest BCUT2D eigenvalue weighted by atomic mass is 19.1. The second-order valence-corrected chi connectivity index (χ2v) is 6.05. The third-order valence-corrected chi connectivity index (χ3v) is 4.27. The van der Waals surface area contributed by atoms with E-state index < -0.39 is 24.0 Å². The van der Waals surface area contributed by atoms with Crippen molar-refractivity contribution in [2.45, 2.75) is 6.54 Å². The van der Waals surface area contributed by atoms with Crippen molar-refractivity contribution in [3.63, 3.8) is 0 Å². The van der Waals surface area contributed by atoms with Crippen LogP contribution in [0.25, 0.3) is 22.4 Å². The average Bonchev–Trinajstić information content (AvgIpc) is 3.17. The summed E-state index contributed by atoms with van der Waals surface area (Å²) in [5, 5.41) is 21.1. The van der Waals surface area contributed by atoms with Gasteiger partial charge in [0.2, 0.25) is 5.82 Å². The lowest BCUT2D eigenvalue weighted by molar-refractivity contribution is 0.0902. The van der Waals surface area contributed by atoms with Gasteiger partial charge in [0, 0.05) is 16.5 Å². The van der Waals surface area contributed by atoms with E-state index in [-0.39, 0.29) is 23.5 Å². The molecule has 0 aliphatic heterocycles. The fraction of sp³-hybridized carbons (Fsp3) is 0.105. The highest BCUT2D eigenvalue weighted by Crippen LogP contribution is 2.21. The summed E-state index contributed by atoms with van der Waals surface area (Å²) in [7, 11) is 0. The second-order valence-electron chi connectivity index (χ2n) is 6.05. The van der Waals surface area contributed by atoms with Crippen LogP contribution in [0.15, 0.2) is 48.5 Å². The van der Waals surface area contributed by atoms with Crippen molar-refractivity contribution in [1.82, 2.24) is 25.2 Å². The smallest absolute Gasteiger partial charge is 0.201 e. The summed E-state index contributed by atoms with van der Waals surface area (Å²) < 4.78 is 30.0. The van der Waals surface area contributed by atoms with Crippen molar-refractivity contribution in [2.24, 2.45) is 0 Å². The van der Waals surface area contributed by atoms with Crippen molar-refractivity contribution in [2.75, 3.05) is 6.61 Å². The predicted molar refractivity (Wildman–Crippen MR) is 95.4 cm³/mol. The molecule has 0 aliphatic rings. The molecule has 0 aliphatic carbocycles. The summed E-state index contributed by atoms with van der Waals surface area (Å²) in [5.41, 5.74) is 0.647. The van der Waals surface area contributed by atoms with Crippen molar-refractivity contribution >= 4 is 16.7 Å². The first-order chi connectivity index (χ1) is 13.6. The first-order valence-corrected chi connectivity index (χ1v) is 8.31. The van der Waals surface area contributed by atoms with Crippen LogP contribution < -0.4 is 0 Å². The van der Waals surface area contributed by atoms with Crippen molar-refractivity contribution in [3.05, 3.63) is 71.3 Å². The molecule has 0 atom stereocenters. The molecule has 0 unspecified atom stereocenters. The molecule has 0 radical (unpaired) electrons. The van der Waals surface area contributed by atoms with E-state index in [2.05, 4.69) is 20.5 Å². The van der Waals surface area contributed by atoms with Gasteiger partial charge >= 0.3 is 0 Å². The highest BCUT2D eigenvalue weighted by Gasteiger charge is 2.18. The molecule has 4 aromatic rings. The van der Waals surface area contributed by atoms with Gasteiger partial charge in [0.15, 0.2) is 5.78 Å². The Morgan fingerprint density at radius 1 is 1.07 bits per heavy atom. The van der Waals surface area contributed by atoms with Crippen LogP contribution in [0.2, 0.25) is 0 Å². The fourth-order valence-corrected chi connectivity index (χ4v) is 2.84. The maximum absolute atomic E-state index is 14.4. The normalized spacial score (nSPS) is 11.1. The Bertz CT molecular complexity index is 1170. The van der Waals surface area contributed by atoms with Gasteiger partial charge in [0.1, 0.15) is 23.9 Å². The van der Waals surface area contributed by atoms with E-state index in [1.807, 2.05) is 30.3 Å². The van der Waals surface area contributed by atoms with Gasteiger partial charge in [-0.25, -0.2) is 18.4 Å². The zero-order chi connectivity index (χ0) is 19.7. The molecule has 28 heavy (non-hydrogen) atoms. The number of benzene rings is 2. The molecule has 1 N–H and O–H groups in total. The van der Waals surface area contributed by atoms with Crippen LogP contribution in [-0.4, -0.2) is 42.7 Å². The summed E-state index contributed by atoms with van der Waals surface area (Å²) in [6, 6.07) is 12.8. The summed E-state index contributed by atoms with van der Waals surface area (Å²) >= 11 is 0. The standard InChI is InChI=1S/C19H13F2N5O2/c20-14-7-12(18(28)10-27)8-15(21)13(14)9-26-19(23-24-25-26)17-6-5-11-3-1-2-4-16(11)22-17/h1-8,27H,9-10H2. The molecule has 4 rings (SSSR count). The van der Waals surface area contributed by atoms with E-state index in [1.165, 1.54) is 4.68 Å². The largest absolute Gasteiger partial charge is 0.388 e. The molecule has 7 nitrogen and oxygen atoms in total. The number of aliphatic hydroxyl groups excluding tert-OH is 1. The Hall–Kier alpha value is -3.59. The lowest BCUT2D eigenvalue weighted by atomic mass is 10.1. The van der Waals surface area contributed by atoms with Gasteiger partial charge < -0.3 is 5.11 Å². The van der Waals surface area contributed by atoms with E-state index >= 15 is 0 Å². The number of hydrogen-bond donors (Lipinski definition) is 1. The highest BCUT2D eigenvalue weighted by molar-refractivity contribution is 5.97. The number of Topliss-reactive ketones (excluding diaryl/α,β-unsaturated/α-hetero) is 1. The van der Waals surface area contributed by atoms with Gasteiger partial charge in [-0.2, -0.15) is 0 Å². The molecule has 0 fully saturated rings. The van der Waals surface area contributed by atoms with Crippen LogP contribution in [0.1, 0.15) is 15.9 Å². The minimum atomic E-state index is -0.926. The number of carbonyl (C=O) groups is 1. The summed E-state index contributed by atoms with van der Waals surface area (Å²) in [4.78, 5) is 16.0. The molecule has 0 bridgehead atoms. The number of para-hydroxylation sites is 1. The predicted octanol–water partition coefficient (Wildman–Crippen LogP) is 2.39. The van der Waals surface area contributed by atoms with Gasteiger partial charge in [0.05, 0.1) is 12.1 Å². The molecular formula is C19H13F2N5O2. The molecule has 2 heterocycles. The zero-order valence-corrected chi connectivity index (χ0v) is 14.4. The quantitative estimate of drug-likeness (QED) is 0.534. The van der Waals surface area contributed by atoms with E-state index in [9.17, 15) is 13.6 Å². The van der Waals surface area contributed by atoms with Gasteiger partial charge in [-0.3, -0.25) is 4.79 Å². The van der Waals surface area contributed by atoms with Gasteiger partial charge in [-0.05, 0) is 34.7 Å². The van der Waals surface area contributed by atoms with Crippen LogP contribution in [-0.2, 0) is 6.54 Å². The molecule has 140 valence electrons. The van der Waals surface area contributed by atoms with Crippen LogP contribution >= 0.6 is 0 Å². The number of tetrazole rings is 1. The number of aromatic nitrogens is 5. The number of aliphatic hydroxyl groups is 1. The minimum absolute atomic E-state index is 0.241. The first kappa shape index (κ1) is 17.8. The monoisotopic (exact) mass is 381 g/mol. The van der Waals surface area contributed by atoms with Crippen LogP contribution in [0, 0.1) is 11.6 Å². The Morgan fingerprint density at radius 2 is 1.82 bits per heavy atom. The maximum atomic E-state index is 14.4. The first-order valence-electron chi connectivity index (χ1n) is 8.31. The molecule has 9 heteroatoms. The molecule has 0 amide bonds. The maximum Gasteiger partial charge on any atom is 0.201 e. The molecule has 2 aromatic carbocycles. The van der Waals surface area contributed by atoms with Crippen LogP contribution in [0.3, 0.4) is 0 Å². The van der Waals surface area contributed by atoms with Crippen molar-refractivity contribution < 1.29 is 18.7 Å². The number of fused-ring (bicyclic) bond motifs is 1. The molecular weight excluding hydrogens is 368 g/mol. The van der Waals surface area contributed by atoms with Gasteiger partial charge in [-0.1, -0.05) is 24.3 Å². The van der Waals surface area contributed by atoms with E-state index in [1.54, 1.807) is 6.07 Å². The third kappa shape index (κ3) is 3.23. The summed E-state index contributed by atoms with van der Waals surface area (Å²) in [6.45, 7) is -1.12.